The van der Waals surface area contributed by atoms with Crippen LogP contribution in [-0.4, -0.2) is 27.2 Å². The number of nitrogens with one attached hydrogen (secondary N) is 1. The predicted molar refractivity (Wildman–Crippen MR) is 121 cm³/mol. The highest BCUT2D eigenvalue weighted by Gasteiger charge is 2.17. The van der Waals surface area contributed by atoms with Crippen LogP contribution in [0.3, 0.4) is 0 Å². The zero-order valence-corrected chi connectivity index (χ0v) is 17.8. The smallest absolute Gasteiger partial charge is 0.277 e. The Balaban J connectivity index is 1.64. The van der Waals surface area contributed by atoms with Gasteiger partial charge < -0.3 is 14.6 Å². The highest BCUT2D eigenvalue weighted by Crippen LogP contribution is 2.24. The summed E-state index contributed by atoms with van der Waals surface area (Å²) in [6.07, 6.45) is 0.544. The zero-order chi connectivity index (χ0) is 22.0. The molecule has 0 spiro atoms. The summed E-state index contributed by atoms with van der Waals surface area (Å²) in [4.78, 5) is 25.5. The van der Waals surface area contributed by atoms with E-state index in [-0.39, 0.29) is 17.9 Å². The van der Waals surface area contributed by atoms with Crippen LogP contribution in [0.15, 0.2) is 65.5 Å². The Kier molecular flexibility index (Phi) is 5.58. The van der Waals surface area contributed by atoms with Gasteiger partial charge in [0.25, 0.3) is 5.56 Å². The molecule has 4 aromatic rings. The molecule has 158 valence electrons. The number of amides is 1. The van der Waals surface area contributed by atoms with Crippen molar-refractivity contribution in [2.75, 3.05) is 12.4 Å². The number of fused-ring (bicyclic) bond motifs is 1. The Morgan fingerprint density at radius 1 is 1.10 bits per heavy atom. The maximum absolute atomic E-state index is 13.2. The molecule has 1 amide bonds. The largest absolute Gasteiger partial charge is 0.497 e. The molecule has 2 heterocycles. The molecule has 0 fully saturated rings. The van der Waals surface area contributed by atoms with Crippen molar-refractivity contribution in [3.05, 3.63) is 82.3 Å². The SMILES string of the molecule is COc1cccc(-c2cc3n(C)c(C)c(CCC(=O)Nc4ccccc4)c(=O)n3n2)c1. The molecule has 1 N–H and O–H groups in total. The molecule has 0 radical (unpaired) electrons. The average molecular weight is 416 g/mol. The third-order valence-corrected chi connectivity index (χ3v) is 5.45. The van der Waals surface area contributed by atoms with Gasteiger partial charge in [0, 0.05) is 42.0 Å². The first kappa shape index (κ1) is 20.4. The summed E-state index contributed by atoms with van der Waals surface area (Å²) < 4.78 is 8.64. The van der Waals surface area contributed by atoms with Crippen LogP contribution < -0.4 is 15.6 Å². The zero-order valence-electron chi connectivity index (χ0n) is 17.8. The fourth-order valence-electron chi connectivity index (χ4n) is 3.61. The lowest BCUT2D eigenvalue weighted by atomic mass is 10.1. The molecule has 0 atom stereocenters. The molecule has 7 nitrogen and oxygen atoms in total. The fourth-order valence-corrected chi connectivity index (χ4v) is 3.61. The van der Waals surface area contributed by atoms with Gasteiger partial charge in [0.1, 0.15) is 11.4 Å². The predicted octanol–water partition coefficient (Wildman–Crippen LogP) is 3.59. The van der Waals surface area contributed by atoms with E-state index in [0.29, 0.717) is 23.3 Å². The normalized spacial score (nSPS) is 10.9. The summed E-state index contributed by atoms with van der Waals surface area (Å²) >= 11 is 0. The van der Waals surface area contributed by atoms with Crippen molar-refractivity contribution in [1.29, 1.82) is 0 Å². The molecule has 0 unspecified atom stereocenters. The molecule has 4 rings (SSSR count). The van der Waals surface area contributed by atoms with Crippen LogP contribution in [0.1, 0.15) is 17.7 Å². The number of carbonyl (C=O) groups excluding carboxylic acids is 1. The Bertz CT molecular complexity index is 1310. The van der Waals surface area contributed by atoms with Gasteiger partial charge in [-0.15, -0.1) is 0 Å². The summed E-state index contributed by atoms with van der Waals surface area (Å²) in [5.74, 6) is 0.591. The molecule has 0 aliphatic carbocycles. The average Bonchev–Trinajstić information content (AvgIpc) is 3.24. The van der Waals surface area contributed by atoms with Crippen LogP contribution >= 0.6 is 0 Å². The Morgan fingerprint density at radius 2 is 1.87 bits per heavy atom. The third-order valence-electron chi connectivity index (χ3n) is 5.45. The monoisotopic (exact) mass is 416 g/mol. The molecule has 0 aliphatic heterocycles. The molecule has 0 saturated carbocycles. The van der Waals surface area contributed by atoms with Crippen LogP contribution in [-0.2, 0) is 18.3 Å². The van der Waals surface area contributed by atoms with Gasteiger partial charge in [0.15, 0.2) is 0 Å². The van der Waals surface area contributed by atoms with Crippen LogP contribution in [0.2, 0.25) is 0 Å². The number of hydrogen-bond donors (Lipinski definition) is 1. The first-order valence-electron chi connectivity index (χ1n) is 10.1. The summed E-state index contributed by atoms with van der Waals surface area (Å²) in [7, 11) is 3.51. The third kappa shape index (κ3) is 4.07. The van der Waals surface area contributed by atoms with E-state index in [1.165, 1.54) is 4.52 Å². The number of aryl methyl sites for hydroxylation is 1. The molecular formula is C24H24N4O3. The maximum atomic E-state index is 13.2. The number of anilines is 1. The van der Waals surface area contributed by atoms with E-state index in [9.17, 15) is 9.59 Å². The Morgan fingerprint density at radius 3 is 2.61 bits per heavy atom. The molecule has 7 heteroatoms. The number of nitrogens with zero attached hydrogens (tertiary/aromatic N) is 3. The number of hydrogen-bond acceptors (Lipinski definition) is 4. The quantitative estimate of drug-likeness (QED) is 0.521. The van der Waals surface area contributed by atoms with Gasteiger partial charge >= 0.3 is 0 Å². The summed E-state index contributed by atoms with van der Waals surface area (Å²) in [5, 5.41) is 7.40. The highest BCUT2D eigenvalue weighted by atomic mass is 16.5. The summed E-state index contributed by atoms with van der Waals surface area (Å²) in [6, 6.07) is 18.7. The number of ether oxygens (including phenoxy) is 1. The number of carbonyl (C=O) groups is 1. The molecule has 0 bridgehead atoms. The second-order valence-electron chi connectivity index (χ2n) is 7.37. The van der Waals surface area contributed by atoms with Crippen molar-refractivity contribution >= 4 is 17.2 Å². The van der Waals surface area contributed by atoms with Crippen molar-refractivity contribution in [3.8, 4) is 17.0 Å². The van der Waals surface area contributed by atoms with E-state index in [0.717, 1.165) is 22.7 Å². The molecule has 0 aliphatic rings. The number of benzene rings is 2. The van der Waals surface area contributed by atoms with Gasteiger partial charge in [-0.1, -0.05) is 30.3 Å². The van der Waals surface area contributed by atoms with Crippen LogP contribution in [0.5, 0.6) is 5.75 Å². The first-order valence-corrected chi connectivity index (χ1v) is 10.1. The van der Waals surface area contributed by atoms with Crippen molar-refractivity contribution in [2.45, 2.75) is 19.8 Å². The molecule has 2 aromatic heterocycles. The van der Waals surface area contributed by atoms with Gasteiger partial charge in [-0.3, -0.25) is 9.59 Å². The van der Waals surface area contributed by atoms with Gasteiger partial charge in [0.2, 0.25) is 5.91 Å². The molecule has 2 aromatic carbocycles. The van der Waals surface area contributed by atoms with Crippen molar-refractivity contribution in [2.24, 2.45) is 7.05 Å². The molecule has 31 heavy (non-hydrogen) atoms. The summed E-state index contributed by atoms with van der Waals surface area (Å²) in [6.45, 7) is 1.89. The second kappa shape index (κ2) is 8.47. The summed E-state index contributed by atoms with van der Waals surface area (Å²) in [5.41, 5.74) is 4.18. The topological polar surface area (TPSA) is 77.6 Å². The minimum atomic E-state index is -0.202. The van der Waals surface area contributed by atoms with Gasteiger partial charge in [-0.25, -0.2) is 0 Å². The number of aromatic nitrogens is 3. The Labute approximate surface area is 179 Å². The lowest BCUT2D eigenvalue weighted by Gasteiger charge is -2.12. The second-order valence-corrected chi connectivity index (χ2v) is 7.37. The van der Waals surface area contributed by atoms with E-state index in [2.05, 4.69) is 10.4 Å². The highest BCUT2D eigenvalue weighted by molar-refractivity contribution is 5.90. The van der Waals surface area contributed by atoms with Crippen LogP contribution in [0.25, 0.3) is 16.9 Å². The number of methoxy groups -OCH3 is 1. The van der Waals surface area contributed by atoms with Gasteiger partial charge in [0.05, 0.1) is 12.8 Å². The van der Waals surface area contributed by atoms with Crippen molar-refractivity contribution in [1.82, 2.24) is 14.2 Å². The van der Waals surface area contributed by atoms with E-state index >= 15 is 0 Å². The van der Waals surface area contributed by atoms with E-state index in [1.807, 2.05) is 79.2 Å². The van der Waals surface area contributed by atoms with Gasteiger partial charge in [-0.05, 0) is 37.6 Å². The van der Waals surface area contributed by atoms with E-state index in [4.69, 9.17) is 4.74 Å². The van der Waals surface area contributed by atoms with Crippen LogP contribution in [0, 0.1) is 6.92 Å². The first-order chi connectivity index (χ1) is 15.0. The van der Waals surface area contributed by atoms with Crippen molar-refractivity contribution < 1.29 is 9.53 Å². The van der Waals surface area contributed by atoms with Crippen LogP contribution in [0.4, 0.5) is 5.69 Å². The van der Waals surface area contributed by atoms with Gasteiger partial charge in [-0.2, -0.15) is 9.61 Å². The Hall–Kier alpha value is -3.87. The number of rotatable bonds is 6. The molecular weight excluding hydrogens is 392 g/mol. The van der Waals surface area contributed by atoms with Crippen molar-refractivity contribution in [3.63, 3.8) is 0 Å². The minimum Gasteiger partial charge on any atom is -0.497 e. The standard InChI is InChI=1S/C24H24N4O3/c1-16-20(12-13-22(29)25-18-9-5-4-6-10-18)24(30)28-23(27(16)2)15-21(26-28)17-8-7-11-19(14-17)31-3/h4-11,14-15H,12-13H2,1-3H3,(H,25,29). The lowest BCUT2D eigenvalue weighted by molar-refractivity contribution is -0.116. The fraction of sp³-hybridized carbons (Fsp3) is 0.208. The lowest BCUT2D eigenvalue weighted by Crippen LogP contribution is -2.26. The maximum Gasteiger partial charge on any atom is 0.277 e. The number of para-hydroxylation sites is 1. The van der Waals surface area contributed by atoms with E-state index in [1.54, 1.807) is 7.11 Å². The van der Waals surface area contributed by atoms with E-state index < -0.39 is 0 Å². The minimum absolute atomic E-state index is 0.134. The molecule has 0 saturated heterocycles.